The Bertz CT molecular complexity index is 280. The number of fused-ring (bicyclic) bond motifs is 1. The van der Waals surface area contributed by atoms with Gasteiger partial charge in [0.05, 0.1) is 5.92 Å². The molecule has 0 aromatic carbocycles. The van der Waals surface area contributed by atoms with E-state index in [1.807, 2.05) is 6.20 Å². The summed E-state index contributed by atoms with van der Waals surface area (Å²) in [5.41, 5.74) is 0. The highest BCUT2D eigenvalue weighted by atomic mass is 15.1. The van der Waals surface area contributed by atoms with Gasteiger partial charge in [0.1, 0.15) is 5.82 Å². The summed E-state index contributed by atoms with van der Waals surface area (Å²) in [7, 11) is 0. The molecule has 0 amide bonds. The summed E-state index contributed by atoms with van der Waals surface area (Å²) in [6.07, 6.45) is 10.1. The molecule has 2 heterocycles. The van der Waals surface area contributed by atoms with Crippen LogP contribution in [0, 0.1) is 12.3 Å². The first-order valence-electron chi connectivity index (χ1n) is 3.39. The summed E-state index contributed by atoms with van der Waals surface area (Å²) < 4.78 is 2.12. The van der Waals surface area contributed by atoms with Gasteiger partial charge in [-0.25, -0.2) is 4.98 Å². The lowest BCUT2D eigenvalue weighted by Crippen LogP contribution is -1.91. The van der Waals surface area contributed by atoms with E-state index in [0.717, 1.165) is 18.8 Å². The second-order valence-electron chi connectivity index (χ2n) is 2.49. The number of rotatable bonds is 0. The van der Waals surface area contributed by atoms with Crippen molar-refractivity contribution in [3.63, 3.8) is 0 Å². The van der Waals surface area contributed by atoms with Crippen molar-refractivity contribution in [2.75, 3.05) is 0 Å². The van der Waals surface area contributed by atoms with Crippen LogP contribution in [0.5, 0.6) is 0 Å². The molecule has 0 radical (unpaired) electrons. The lowest BCUT2D eigenvalue weighted by Gasteiger charge is -1.94. The number of nitrogens with zero attached hydrogens (tertiary/aromatic N) is 2. The summed E-state index contributed by atoms with van der Waals surface area (Å²) >= 11 is 0. The van der Waals surface area contributed by atoms with Crippen molar-refractivity contribution in [1.29, 1.82) is 0 Å². The second-order valence-corrected chi connectivity index (χ2v) is 2.49. The maximum atomic E-state index is 5.30. The minimum absolute atomic E-state index is 0.259. The van der Waals surface area contributed by atoms with Crippen molar-refractivity contribution >= 4 is 0 Å². The number of aromatic nitrogens is 2. The predicted molar refractivity (Wildman–Crippen MR) is 38.4 cm³/mol. The molecule has 0 saturated heterocycles. The fourth-order valence-corrected chi connectivity index (χ4v) is 1.38. The molecule has 2 nitrogen and oxygen atoms in total. The van der Waals surface area contributed by atoms with Crippen LogP contribution < -0.4 is 0 Å². The molecule has 1 aromatic rings. The van der Waals surface area contributed by atoms with E-state index in [2.05, 4.69) is 15.5 Å². The summed E-state index contributed by atoms with van der Waals surface area (Å²) in [6, 6.07) is 0. The SMILES string of the molecule is C#C[C@@H]1CCn2ccnc21. The monoisotopic (exact) mass is 132 g/mol. The molecule has 2 rings (SSSR count). The van der Waals surface area contributed by atoms with Gasteiger partial charge in [-0.1, -0.05) is 5.92 Å². The highest BCUT2D eigenvalue weighted by molar-refractivity contribution is 5.17. The van der Waals surface area contributed by atoms with Crippen molar-refractivity contribution < 1.29 is 0 Å². The van der Waals surface area contributed by atoms with Crippen LogP contribution in [-0.4, -0.2) is 9.55 Å². The van der Waals surface area contributed by atoms with Crippen molar-refractivity contribution in [3.05, 3.63) is 18.2 Å². The van der Waals surface area contributed by atoms with Crippen molar-refractivity contribution in [2.45, 2.75) is 18.9 Å². The normalized spacial score (nSPS) is 22.1. The maximum Gasteiger partial charge on any atom is 0.123 e. The smallest absolute Gasteiger partial charge is 0.123 e. The molecule has 1 aliphatic rings. The van der Waals surface area contributed by atoms with Crippen LogP contribution in [0.25, 0.3) is 0 Å². The summed E-state index contributed by atoms with van der Waals surface area (Å²) in [4.78, 5) is 4.17. The van der Waals surface area contributed by atoms with Crippen LogP contribution in [0.3, 0.4) is 0 Å². The fraction of sp³-hybridized carbons (Fsp3) is 0.375. The highest BCUT2D eigenvalue weighted by Crippen LogP contribution is 2.24. The molecular formula is C8H8N2. The quantitative estimate of drug-likeness (QED) is 0.481. The van der Waals surface area contributed by atoms with E-state index in [-0.39, 0.29) is 5.92 Å². The van der Waals surface area contributed by atoms with Gasteiger partial charge in [-0.15, -0.1) is 6.42 Å². The number of terminal acetylenes is 1. The lowest BCUT2D eigenvalue weighted by atomic mass is 10.1. The number of hydrogen-bond acceptors (Lipinski definition) is 1. The fourth-order valence-electron chi connectivity index (χ4n) is 1.38. The molecule has 0 N–H and O–H groups in total. The topological polar surface area (TPSA) is 17.8 Å². The van der Waals surface area contributed by atoms with E-state index < -0.39 is 0 Å². The Hall–Kier alpha value is -1.23. The zero-order valence-electron chi connectivity index (χ0n) is 5.62. The van der Waals surface area contributed by atoms with E-state index in [4.69, 9.17) is 6.42 Å². The summed E-state index contributed by atoms with van der Waals surface area (Å²) in [6.45, 7) is 1.03. The van der Waals surface area contributed by atoms with Crippen molar-refractivity contribution in [3.8, 4) is 12.3 Å². The van der Waals surface area contributed by atoms with E-state index >= 15 is 0 Å². The molecule has 50 valence electrons. The van der Waals surface area contributed by atoms with Crippen LogP contribution in [-0.2, 0) is 6.54 Å². The first-order chi connectivity index (χ1) is 4.92. The molecular weight excluding hydrogens is 124 g/mol. The highest BCUT2D eigenvalue weighted by Gasteiger charge is 2.20. The Labute approximate surface area is 59.9 Å². The van der Waals surface area contributed by atoms with Gasteiger partial charge in [-0.3, -0.25) is 0 Å². The van der Waals surface area contributed by atoms with Crippen LogP contribution in [0.4, 0.5) is 0 Å². The van der Waals surface area contributed by atoms with Gasteiger partial charge in [-0.2, -0.15) is 0 Å². The predicted octanol–water partition coefficient (Wildman–Crippen LogP) is 1.00. The first-order valence-corrected chi connectivity index (χ1v) is 3.39. The number of imidazole rings is 1. The van der Waals surface area contributed by atoms with Crippen LogP contribution in [0.15, 0.2) is 12.4 Å². The molecule has 0 unspecified atom stereocenters. The van der Waals surface area contributed by atoms with Gasteiger partial charge >= 0.3 is 0 Å². The molecule has 0 aliphatic carbocycles. The minimum atomic E-state index is 0.259. The van der Waals surface area contributed by atoms with E-state index in [1.165, 1.54) is 0 Å². The third-order valence-corrected chi connectivity index (χ3v) is 1.92. The largest absolute Gasteiger partial charge is 0.334 e. The van der Waals surface area contributed by atoms with Gasteiger partial charge in [0.2, 0.25) is 0 Å². The summed E-state index contributed by atoms with van der Waals surface area (Å²) in [5, 5.41) is 0. The van der Waals surface area contributed by atoms with Crippen LogP contribution >= 0.6 is 0 Å². The van der Waals surface area contributed by atoms with Crippen molar-refractivity contribution in [1.82, 2.24) is 9.55 Å². The van der Waals surface area contributed by atoms with Gasteiger partial charge in [0.25, 0.3) is 0 Å². The number of aryl methyl sites for hydroxylation is 1. The Morgan fingerprint density at radius 1 is 1.80 bits per heavy atom. The molecule has 1 aromatic heterocycles. The van der Waals surface area contributed by atoms with Gasteiger partial charge in [-0.05, 0) is 6.42 Å². The molecule has 1 aliphatic heterocycles. The number of hydrogen-bond donors (Lipinski definition) is 0. The average molecular weight is 132 g/mol. The Kier molecular flexibility index (Phi) is 1.04. The Morgan fingerprint density at radius 3 is 3.50 bits per heavy atom. The van der Waals surface area contributed by atoms with E-state index in [0.29, 0.717) is 0 Å². The second kappa shape index (κ2) is 1.88. The molecule has 2 heteroatoms. The van der Waals surface area contributed by atoms with E-state index in [1.54, 1.807) is 6.20 Å². The molecule has 0 bridgehead atoms. The van der Waals surface area contributed by atoms with Crippen molar-refractivity contribution in [2.24, 2.45) is 0 Å². The molecule has 0 fully saturated rings. The molecule has 10 heavy (non-hydrogen) atoms. The van der Waals surface area contributed by atoms with Crippen LogP contribution in [0.2, 0.25) is 0 Å². The Morgan fingerprint density at radius 2 is 2.70 bits per heavy atom. The minimum Gasteiger partial charge on any atom is -0.334 e. The first kappa shape index (κ1) is 5.55. The van der Waals surface area contributed by atoms with Crippen LogP contribution in [0.1, 0.15) is 18.2 Å². The van der Waals surface area contributed by atoms with Gasteiger partial charge < -0.3 is 4.57 Å². The Balaban J connectivity index is 2.46. The lowest BCUT2D eigenvalue weighted by molar-refractivity contribution is 0.736. The zero-order valence-corrected chi connectivity index (χ0v) is 5.62. The van der Waals surface area contributed by atoms with Gasteiger partial charge in [0, 0.05) is 18.9 Å². The summed E-state index contributed by atoms with van der Waals surface area (Å²) in [5.74, 6) is 4.04. The zero-order chi connectivity index (χ0) is 6.97. The van der Waals surface area contributed by atoms with Gasteiger partial charge in [0.15, 0.2) is 0 Å². The molecule has 0 spiro atoms. The molecule has 0 saturated carbocycles. The van der Waals surface area contributed by atoms with E-state index in [9.17, 15) is 0 Å². The molecule has 1 atom stereocenters. The third-order valence-electron chi connectivity index (χ3n) is 1.92. The standard InChI is InChI=1S/C8H8N2/c1-2-7-3-5-10-6-4-9-8(7)10/h1,4,6-7H,3,5H2/t7-/m1/s1. The maximum absolute atomic E-state index is 5.30. The third kappa shape index (κ3) is 0.577. The average Bonchev–Trinajstić information content (AvgIpc) is 2.44.